The Labute approximate surface area is 220 Å². The molecule has 0 spiro atoms. The van der Waals surface area contributed by atoms with Crippen molar-refractivity contribution in [3.05, 3.63) is 64.2 Å². The van der Waals surface area contributed by atoms with E-state index in [9.17, 15) is 10.1 Å². The summed E-state index contributed by atoms with van der Waals surface area (Å²) in [6, 6.07) is 12.8. The number of benzene rings is 3. The van der Waals surface area contributed by atoms with Crippen LogP contribution in [-0.2, 0) is 6.42 Å². The number of nitrogens with one attached hydrogen (secondary N) is 1. The minimum absolute atomic E-state index is 0.0289. The summed E-state index contributed by atoms with van der Waals surface area (Å²) in [6.07, 6.45) is 6.31. The Hall–Kier alpha value is -3.49. The molecule has 8 heteroatoms. The second-order valence-electron chi connectivity index (χ2n) is 10.8. The van der Waals surface area contributed by atoms with E-state index in [0.29, 0.717) is 18.2 Å². The highest BCUT2D eigenvalue weighted by Gasteiger charge is 2.47. The number of hydrogen-bond acceptors (Lipinski definition) is 6. The first-order valence-corrected chi connectivity index (χ1v) is 13.4. The fourth-order valence-corrected chi connectivity index (χ4v) is 6.85. The van der Waals surface area contributed by atoms with E-state index in [1.165, 1.54) is 0 Å². The van der Waals surface area contributed by atoms with Crippen LogP contribution in [0.1, 0.15) is 44.6 Å². The third-order valence-corrected chi connectivity index (χ3v) is 8.68. The second-order valence-corrected chi connectivity index (χ2v) is 10.8. The van der Waals surface area contributed by atoms with Crippen molar-refractivity contribution in [1.29, 1.82) is 0 Å². The number of hydrogen-bond donors (Lipinski definition) is 2. The lowest BCUT2D eigenvalue weighted by Crippen LogP contribution is -2.50. The largest absolute Gasteiger partial charge is 0.464 e. The van der Waals surface area contributed by atoms with Crippen LogP contribution in [0.25, 0.3) is 32.8 Å². The Morgan fingerprint density at radius 3 is 2.84 bits per heavy atom. The highest BCUT2D eigenvalue weighted by Crippen LogP contribution is 2.47. The molecular formula is C30H32FN3O4. The van der Waals surface area contributed by atoms with Gasteiger partial charge in [0.25, 0.3) is 11.6 Å². The number of likely N-dealkylation sites (tertiary alicyclic amines) is 1. The van der Waals surface area contributed by atoms with Crippen molar-refractivity contribution in [2.75, 3.05) is 20.2 Å². The molecule has 2 heterocycles. The lowest BCUT2D eigenvalue weighted by molar-refractivity contribution is -0.137. The number of fused-ring (bicyclic) bond motifs is 3. The fourth-order valence-electron chi connectivity index (χ4n) is 6.85. The predicted octanol–water partition coefficient (Wildman–Crippen LogP) is 5.94. The van der Waals surface area contributed by atoms with Gasteiger partial charge in [-0.1, -0.05) is 37.6 Å². The van der Waals surface area contributed by atoms with E-state index in [0.717, 1.165) is 61.4 Å². The van der Waals surface area contributed by atoms with Gasteiger partial charge in [0, 0.05) is 17.0 Å². The number of ether oxygens (including phenoxy) is 1. The molecule has 198 valence electrons. The van der Waals surface area contributed by atoms with Crippen molar-refractivity contribution in [2.24, 2.45) is 5.41 Å². The summed E-state index contributed by atoms with van der Waals surface area (Å²) in [5.41, 5.74) is 1.41. The van der Waals surface area contributed by atoms with E-state index in [1.54, 1.807) is 24.3 Å². The van der Waals surface area contributed by atoms with E-state index in [4.69, 9.17) is 4.74 Å². The van der Waals surface area contributed by atoms with Gasteiger partial charge in [-0.05, 0) is 85.8 Å². The number of H-pyrrole nitrogens is 1. The number of aromatic amines is 1. The monoisotopic (exact) mass is 517 g/mol. The van der Waals surface area contributed by atoms with Gasteiger partial charge < -0.3 is 14.5 Å². The highest BCUT2D eigenvalue weighted by molar-refractivity contribution is 6.01. The molecule has 0 bridgehead atoms. The van der Waals surface area contributed by atoms with E-state index >= 15 is 4.39 Å². The Bertz CT molecular complexity index is 1590. The number of halogens is 1. The van der Waals surface area contributed by atoms with Crippen molar-refractivity contribution >= 4 is 21.7 Å². The van der Waals surface area contributed by atoms with Crippen molar-refractivity contribution in [3.63, 3.8) is 0 Å². The number of aryl methyl sites for hydroxylation is 1. The van der Waals surface area contributed by atoms with Gasteiger partial charge in [-0.2, -0.15) is 4.98 Å². The molecule has 1 aromatic heterocycles. The van der Waals surface area contributed by atoms with Crippen LogP contribution in [0, 0.1) is 11.2 Å². The quantitative estimate of drug-likeness (QED) is 0.243. The van der Waals surface area contributed by atoms with Crippen LogP contribution in [-0.4, -0.2) is 46.4 Å². The van der Waals surface area contributed by atoms with Crippen LogP contribution in [0.5, 0.6) is 11.8 Å². The fraction of sp³-hybridized carbons (Fsp3) is 0.400. The number of rotatable bonds is 6. The first-order valence-electron chi connectivity index (χ1n) is 13.4. The molecule has 4 aromatic rings. The maximum atomic E-state index is 16.2. The molecule has 38 heavy (non-hydrogen) atoms. The van der Waals surface area contributed by atoms with Crippen molar-refractivity contribution in [2.45, 2.75) is 51.5 Å². The molecule has 2 aliphatic rings. The number of nitrogens with zero attached hydrogens (tertiary/aromatic N) is 2. The van der Waals surface area contributed by atoms with Gasteiger partial charge in [0.2, 0.25) is 0 Å². The summed E-state index contributed by atoms with van der Waals surface area (Å²) in [4.78, 5) is 27.1. The Kier molecular flexibility index (Phi) is 6.32. The standard InChI is InChI=1S/C30H32FN3O4/c1-3-18-7-4-8-19-15-20(38-36)16-23(25(18)19)21-10-11-22-27(26(21)31)32-29(33-28(22)35)37-17-30-12-5-9-24(30)34(2)14-6-13-30/h4,7-8,10-11,15-16,24,36H,3,5-6,9,12-14,17H2,1-2H3,(H,32,33,35). The molecule has 0 amide bonds. The van der Waals surface area contributed by atoms with Crippen LogP contribution in [0.4, 0.5) is 4.39 Å². The van der Waals surface area contributed by atoms with Gasteiger partial charge in [0.05, 0.1) is 12.0 Å². The molecule has 1 aliphatic heterocycles. The highest BCUT2D eigenvalue weighted by atomic mass is 19.1. The molecule has 0 radical (unpaired) electrons. The normalized spacial score (nSPS) is 21.6. The number of aromatic nitrogens is 2. The molecule has 3 aromatic carbocycles. The Balaban J connectivity index is 1.43. The van der Waals surface area contributed by atoms with Gasteiger partial charge in [-0.3, -0.25) is 9.78 Å². The summed E-state index contributed by atoms with van der Waals surface area (Å²) in [6.45, 7) is 3.56. The maximum Gasteiger partial charge on any atom is 0.297 e. The minimum Gasteiger partial charge on any atom is -0.464 e. The van der Waals surface area contributed by atoms with Gasteiger partial charge in [-0.25, -0.2) is 9.65 Å². The van der Waals surface area contributed by atoms with Crippen molar-refractivity contribution in [1.82, 2.24) is 14.9 Å². The lowest BCUT2D eigenvalue weighted by atomic mass is 9.76. The predicted molar refractivity (Wildman–Crippen MR) is 145 cm³/mol. The summed E-state index contributed by atoms with van der Waals surface area (Å²) in [5, 5.41) is 11.2. The van der Waals surface area contributed by atoms with Crippen LogP contribution in [0.2, 0.25) is 0 Å². The molecule has 1 aliphatic carbocycles. The SMILES string of the molecule is CCc1cccc2cc(OO)cc(-c3ccc4c(=O)[nH]c(OCC56CCCC5N(C)CCC6)nc4c3F)c12. The first-order chi connectivity index (χ1) is 18.4. The summed E-state index contributed by atoms with van der Waals surface area (Å²) < 4.78 is 22.3. The average molecular weight is 518 g/mol. The van der Waals surface area contributed by atoms with Gasteiger partial charge >= 0.3 is 0 Å². The average Bonchev–Trinajstić information content (AvgIpc) is 3.37. The summed E-state index contributed by atoms with van der Waals surface area (Å²) >= 11 is 0. The summed E-state index contributed by atoms with van der Waals surface area (Å²) in [7, 11) is 2.17. The first kappa shape index (κ1) is 24.8. The minimum atomic E-state index is -0.616. The molecule has 6 rings (SSSR count). The topological polar surface area (TPSA) is 87.7 Å². The second kappa shape index (κ2) is 9.67. The van der Waals surface area contributed by atoms with Gasteiger partial charge in [-0.15, -0.1) is 0 Å². The zero-order chi connectivity index (χ0) is 26.4. The molecule has 2 fully saturated rings. The van der Waals surface area contributed by atoms with Crippen LogP contribution in [0.15, 0.2) is 47.3 Å². The molecule has 2 N–H and O–H groups in total. The van der Waals surface area contributed by atoms with E-state index in [-0.39, 0.29) is 33.6 Å². The third-order valence-electron chi connectivity index (χ3n) is 8.68. The molecule has 7 nitrogen and oxygen atoms in total. The van der Waals surface area contributed by atoms with Gasteiger partial charge in [0.15, 0.2) is 11.6 Å². The zero-order valence-electron chi connectivity index (χ0n) is 21.7. The smallest absolute Gasteiger partial charge is 0.297 e. The third kappa shape index (κ3) is 4.03. The van der Waals surface area contributed by atoms with Gasteiger partial charge in [0.1, 0.15) is 5.52 Å². The Morgan fingerprint density at radius 1 is 1.18 bits per heavy atom. The molecule has 1 saturated heterocycles. The van der Waals surface area contributed by atoms with E-state index in [1.807, 2.05) is 25.1 Å². The molecule has 2 unspecified atom stereocenters. The lowest BCUT2D eigenvalue weighted by Gasteiger charge is -2.44. The zero-order valence-corrected chi connectivity index (χ0v) is 21.7. The Morgan fingerprint density at radius 2 is 2.03 bits per heavy atom. The van der Waals surface area contributed by atoms with E-state index < -0.39 is 11.4 Å². The molecule has 1 saturated carbocycles. The maximum absolute atomic E-state index is 16.2. The van der Waals surface area contributed by atoms with Crippen molar-refractivity contribution < 1.29 is 19.3 Å². The van der Waals surface area contributed by atoms with E-state index in [2.05, 4.69) is 26.8 Å². The number of piperidine rings is 1. The van der Waals surface area contributed by atoms with Crippen molar-refractivity contribution in [3.8, 4) is 22.9 Å². The molecular weight excluding hydrogens is 485 g/mol. The summed E-state index contributed by atoms with van der Waals surface area (Å²) in [5.74, 6) is -0.416. The van der Waals surface area contributed by atoms with Crippen LogP contribution >= 0.6 is 0 Å². The van der Waals surface area contributed by atoms with Crippen LogP contribution in [0.3, 0.4) is 0 Å². The van der Waals surface area contributed by atoms with Crippen LogP contribution < -0.4 is 15.2 Å². The molecule has 2 atom stereocenters.